The lowest BCUT2D eigenvalue weighted by Gasteiger charge is -2.05. The van der Waals surface area contributed by atoms with E-state index in [1.54, 1.807) is 0 Å². The number of aromatic nitrogens is 3. The molecule has 0 fully saturated rings. The fourth-order valence-electron chi connectivity index (χ4n) is 1.42. The average Bonchev–Trinajstić information content (AvgIpc) is 2.91. The fourth-order valence-corrected chi connectivity index (χ4v) is 2.19. The minimum absolute atomic E-state index is 0.0849. The summed E-state index contributed by atoms with van der Waals surface area (Å²) in [5.74, 6) is -0.742. The molecule has 1 amide bonds. The molecule has 0 aliphatic heterocycles. The van der Waals surface area contributed by atoms with Crippen molar-refractivity contribution in [3.8, 4) is 0 Å². The monoisotopic (exact) mass is 331 g/mol. The molecule has 0 spiro atoms. The Morgan fingerprint density at radius 1 is 1.43 bits per heavy atom. The number of benzene rings is 1. The molecule has 110 valence electrons. The zero-order valence-corrected chi connectivity index (χ0v) is 11.6. The Kier molecular flexibility index (Phi) is 3.86. The van der Waals surface area contributed by atoms with Crippen molar-refractivity contribution in [2.45, 2.75) is 4.90 Å². The zero-order chi connectivity index (χ0) is 15.6. The van der Waals surface area contributed by atoms with Crippen LogP contribution in [0.15, 0.2) is 29.3 Å². The summed E-state index contributed by atoms with van der Waals surface area (Å²) in [5, 5.41) is 22.3. The number of nitro benzene ring substituents is 1. The molecular weight excluding hydrogens is 326 g/mol. The number of nitrogens with zero attached hydrogens (tertiary/aromatic N) is 3. The van der Waals surface area contributed by atoms with Crippen LogP contribution in [0.25, 0.3) is 0 Å². The van der Waals surface area contributed by atoms with Gasteiger partial charge in [-0.3, -0.25) is 14.9 Å². The Morgan fingerprint density at radius 3 is 2.67 bits per heavy atom. The van der Waals surface area contributed by atoms with E-state index in [1.165, 1.54) is 0 Å². The van der Waals surface area contributed by atoms with Crippen LogP contribution in [0.1, 0.15) is 10.5 Å². The summed E-state index contributed by atoms with van der Waals surface area (Å²) >= 11 is 0. The minimum Gasteiger partial charge on any atom is -0.315 e. The smallest absolute Gasteiger partial charge is 0.294 e. The van der Waals surface area contributed by atoms with Crippen LogP contribution in [-0.2, 0) is 9.05 Å². The van der Waals surface area contributed by atoms with Gasteiger partial charge < -0.3 is 5.32 Å². The molecule has 2 N–H and O–H groups in total. The van der Waals surface area contributed by atoms with Gasteiger partial charge in [-0.2, -0.15) is 15.4 Å². The molecule has 0 atom stereocenters. The van der Waals surface area contributed by atoms with Crippen molar-refractivity contribution in [2.24, 2.45) is 0 Å². The summed E-state index contributed by atoms with van der Waals surface area (Å²) < 4.78 is 22.3. The van der Waals surface area contributed by atoms with Gasteiger partial charge in [0, 0.05) is 16.7 Å². The standard InChI is InChI=1S/C9H6ClN5O5S/c10-21(19,20)5-1-2-6(8(3-5)15(17)18)12-9(16)7-4-11-14-13-7/h1-4H,(H,12,16)(H,11,13,14). The summed E-state index contributed by atoms with van der Waals surface area (Å²) in [6.45, 7) is 0. The lowest BCUT2D eigenvalue weighted by molar-refractivity contribution is -0.384. The summed E-state index contributed by atoms with van der Waals surface area (Å²) in [4.78, 5) is 21.4. The molecule has 12 heteroatoms. The highest BCUT2D eigenvalue weighted by atomic mass is 35.7. The highest BCUT2D eigenvalue weighted by Gasteiger charge is 2.22. The molecule has 0 saturated heterocycles. The van der Waals surface area contributed by atoms with Gasteiger partial charge in [-0.25, -0.2) is 8.42 Å². The van der Waals surface area contributed by atoms with E-state index in [0.29, 0.717) is 0 Å². The fraction of sp³-hybridized carbons (Fsp3) is 0. The number of halogens is 1. The summed E-state index contributed by atoms with van der Waals surface area (Å²) in [7, 11) is 0.995. The van der Waals surface area contributed by atoms with Gasteiger partial charge >= 0.3 is 0 Å². The molecule has 0 aliphatic carbocycles. The van der Waals surface area contributed by atoms with Crippen LogP contribution in [0.3, 0.4) is 0 Å². The molecule has 10 nitrogen and oxygen atoms in total. The molecule has 0 radical (unpaired) electrons. The van der Waals surface area contributed by atoms with Gasteiger partial charge in [0.2, 0.25) is 0 Å². The van der Waals surface area contributed by atoms with Crippen LogP contribution < -0.4 is 5.32 Å². The predicted octanol–water partition coefficient (Wildman–Crippen LogP) is 0.893. The van der Waals surface area contributed by atoms with Crippen molar-refractivity contribution in [2.75, 3.05) is 5.32 Å². The van der Waals surface area contributed by atoms with Crippen molar-refractivity contribution < 1.29 is 18.1 Å². The lowest BCUT2D eigenvalue weighted by atomic mass is 10.2. The maximum absolute atomic E-state index is 11.7. The van der Waals surface area contributed by atoms with Crippen molar-refractivity contribution in [1.82, 2.24) is 15.4 Å². The summed E-state index contributed by atoms with van der Waals surface area (Å²) in [6, 6.07) is 2.85. The Bertz CT molecular complexity index is 804. The van der Waals surface area contributed by atoms with Gasteiger partial charge in [0.1, 0.15) is 5.69 Å². The first-order chi connectivity index (χ1) is 9.79. The van der Waals surface area contributed by atoms with E-state index < -0.39 is 30.5 Å². The Labute approximate surface area is 121 Å². The van der Waals surface area contributed by atoms with E-state index in [0.717, 1.165) is 24.4 Å². The van der Waals surface area contributed by atoms with E-state index in [-0.39, 0.29) is 11.4 Å². The van der Waals surface area contributed by atoms with Crippen LogP contribution in [-0.4, -0.2) is 34.7 Å². The summed E-state index contributed by atoms with van der Waals surface area (Å²) in [6.07, 6.45) is 1.12. The van der Waals surface area contributed by atoms with Gasteiger partial charge in [0.25, 0.3) is 20.6 Å². The van der Waals surface area contributed by atoms with Gasteiger partial charge in [-0.15, -0.1) is 0 Å². The predicted molar refractivity (Wildman–Crippen MR) is 70.5 cm³/mol. The second-order valence-corrected chi connectivity index (χ2v) is 6.25. The van der Waals surface area contributed by atoms with Crippen molar-refractivity contribution in [1.29, 1.82) is 0 Å². The zero-order valence-electron chi connectivity index (χ0n) is 9.98. The molecular formula is C9H6ClN5O5S. The van der Waals surface area contributed by atoms with Crippen molar-refractivity contribution in [3.63, 3.8) is 0 Å². The molecule has 0 bridgehead atoms. The number of aromatic amines is 1. The van der Waals surface area contributed by atoms with Crippen LogP contribution >= 0.6 is 10.7 Å². The highest BCUT2D eigenvalue weighted by Crippen LogP contribution is 2.29. The van der Waals surface area contributed by atoms with Gasteiger partial charge in [0.15, 0.2) is 5.69 Å². The van der Waals surface area contributed by atoms with E-state index in [9.17, 15) is 23.3 Å². The van der Waals surface area contributed by atoms with E-state index in [1.807, 2.05) is 0 Å². The first-order valence-electron chi connectivity index (χ1n) is 5.19. The molecule has 0 saturated carbocycles. The minimum atomic E-state index is -4.12. The number of anilines is 1. The number of nitrogens with one attached hydrogen (secondary N) is 2. The van der Waals surface area contributed by atoms with Crippen molar-refractivity contribution in [3.05, 3.63) is 40.2 Å². The second-order valence-electron chi connectivity index (χ2n) is 3.68. The Morgan fingerprint density at radius 2 is 2.14 bits per heavy atom. The number of hydrogen-bond acceptors (Lipinski definition) is 7. The highest BCUT2D eigenvalue weighted by molar-refractivity contribution is 8.13. The SMILES string of the molecule is O=C(Nc1ccc(S(=O)(=O)Cl)cc1[N+](=O)[O-])c1cn[nH]n1. The quantitative estimate of drug-likeness (QED) is 0.480. The third kappa shape index (κ3) is 3.32. The Balaban J connectivity index is 2.40. The van der Waals surface area contributed by atoms with E-state index >= 15 is 0 Å². The van der Waals surface area contributed by atoms with Crippen LogP contribution in [0, 0.1) is 10.1 Å². The molecule has 21 heavy (non-hydrogen) atoms. The first kappa shape index (κ1) is 14.9. The van der Waals surface area contributed by atoms with Crippen molar-refractivity contribution >= 4 is 37.0 Å². The maximum atomic E-state index is 11.7. The number of nitro groups is 1. The van der Waals surface area contributed by atoms with Gasteiger partial charge in [0.05, 0.1) is 16.0 Å². The number of amides is 1. The third-order valence-corrected chi connectivity index (χ3v) is 3.69. The van der Waals surface area contributed by atoms with Crippen LogP contribution in [0.4, 0.5) is 11.4 Å². The van der Waals surface area contributed by atoms with Gasteiger partial charge in [-0.1, -0.05) is 0 Å². The molecule has 1 aromatic carbocycles. The molecule has 1 aromatic heterocycles. The van der Waals surface area contributed by atoms with Crippen LogP contribution in [0.2, 0.25) is 0 Å². The molecule has 1 heterocycles. The molecule has 0 aliphatic rings. The average molecular weight is 332 g/mol. The van der Waals surface area contributed by atoms with E-state index in [2.05, 4.69) is 20.7 Å². The largest absolute Gasteiger partial charge is 0.315 e. The topological polar surface area (TPSA) is 148 Å². The molecule has 2 rings (SSSR count). The second kappa shape index (κ2) is 5.46. The van der Waals surface area contributed by atoms with Crippen LogP contribution in [0.5, 0.6) is 0 Å². The number of carbonyl (C=O) groups excluding carboxylic acids is 1. The Hall–Kier alpha value is -2.53. The maximum Gasteiger partial charge on any atom is 0.294 e. The lowest BCUT2D eigenvalue weighted by Crippen LogP contribution is -2.14. The number of H-pyrrole nitrogens is 1. The van der Waals surface area contributed by atoms with E-state index in [4.69, 9.17) is 10.7 Å². The number of hydrogen-bond donors (Lipinski definition) is 2. The number of carbonyl (C=O) groups is 1. The molecule has 2 aromatic rings. The normalized spacial score (nSPS) is 11.1. The molecule has 0 unspecified atom stereocenters. The first-order valence-corrected chi connectivity index (χ1v) is 7.50. The third-order valence-electron chi connectivity index (χ3n) is 2.34. The summed E-state index contributed by atoms with van der Waals surface area (Å²) in [5.41, 5.74) is -0.899. The number of rotatable bonds is 4. The van der Waals surface area contributed by atoms with Gasteiger partial charge in [-0.05, 0) is 12.1 Å².